The summed E-state index contributed by atoms with van der Waals surface area (Å²) in [5.41, 5.74) is 5.01. The van der Waals surface area contributed by atoms with E-state index in [1.165, 1.54) is 22.9 Å². The number of hydrogen-bond donors (Lipinski definition) is 0. The monoisotopic (exact) mass is 321 g/mol. The number of fused-ring (bicyclic) bond motifs is 1. The van der Waals surface area contributed by atoms with Crippen LogP contribution in [-0.2, 0) is 25.7 Å². The molecule has 0 N–H and O–H groups in total. The van der Waals surface area contributed by atoms with Gasteiger partial charge in [-0.3, -0.25) is 4.90 Å². The van der Waals surface area contributed by atoms with E-state index in [1.54, 1.807) is 0 Å². The van der Waals surface area contributed by atoms with Crippen LogP contribution in [0.25, 0.3) is 0 Å². The van der Waals surface area contributed by atoms with Gasteiger partial charge in [0.05, 0.1) is 5.69 Å². The maximum atomic E-state index is 12.7. The first-order valence-corrected chi connectivity index (χ1v) is 7.53. The number of rotatable bonds is 2. The highest BCUT2D eigenvalue weighted by Crippen LogP contribution is 2.28. The molecule has 2 heterocycles. The van der Waals surface area contributed by atoms with Crippen molar-refractivity contribution >= 4 is 0 Å². The number of alkyl halides is 3. The van der Waals surface area contributed by atoms with E-state index in [0.717, 1.165) is 12.1 Å². The predicted octanol–water partition coefficient (Wildman–Crippen LogP) is 3.67. The molecule has 0 radical (unpaired) electrons. The van der Waals surface area contributed by atoms with Gasteiger partial charge in [-0.2, -0.15) is 13.2 Å². The fourth-order valence-corrected chi connectivity index (χ4v) is 2.91. The minimum atomic E-state index is -4.48. The number of hydrogen-bond acceptors (Lipinski definition) is 3. The van der Waals surface area contributed by atoms with Crippen molar-refractivity contribution in [1.82, 2.24) is 14.9 Å². The van der Waals surface area contributed by atoms with E-state index < -0.39 is 12.0 Å². The molecule has 0 unspecified atom stereocenters. The van der Waals surface area contributed by atoms with Crippen LogP contribution in [0.5, 0.6) is 0 Å². The molecule has 3 rings (SSSR count). The SMILES string of the molecule is Cc1ccc(CN2CCc3nc(C(F)(F)F)ncc3C2)c(C)c1. The van der Waals surface area contributed by atoms with Gasteiger partial charge in [0.2, 0.25) is 5.82 Å². The zero-order valence-electron chi connectivity index (χ0n) is 13.1. The maximum absolute atomic E-state index is 12.7. The van der Waals surface area contributed by atoms with Gasteiger partial charge in [0, 0.05) is 37.8 Å². The lowest BCUT2D eigenvalue weighted by atomic mass is 10.0. The third-order valence-electron chi connectivity index (χ3n) is 4.16. The second kappa shape index (κ2) is 5.92. The molecule has 0 spiro atoms. The van der Waals surface area contributed by atoms with Gasteiger partial charge in [-0.05, 0) is 25.0 Å². The Balaban J connectivity index is 1.75. The highest BCUT2D eigenvalue weighted by atomic mass is 19.4. The van der Waals surface area contributed by atoms with E-state index >= 15 is 0 Å². The molecule has 0 aliphatic carbocycles. The highest BCUT2D eigenvalue weighted by Gasteiger charge is 2.35. The molecule has 2 aromatic rings. The minimum Gasteiger partial charge on any atom is -0.294 e. The van der Waals surface area contributed by atoms with Crippen LogP contribution in [0.3, 0.4) is 0 Å². The maximum Gasteiger partial charge on any atom is 0.451 e. The van der Waals surface area contributed by atoms with Crippen molar-refractivity contribution in [1.29, 1.82) is 0 Å². The number of nitrogens with zero attached hydrogens (tertiary/aromatic N) is 3. The molecule has 23 heavy (non-hydrogen) atoms. The third kappa shape index (κ3) is 3.52. The summed E-state index contributed by atoms with van der Waals surface area (Å²) in [5.74, 6) is -1.04. The van der Waals surface area contributed by atoms with Crippen molar-refractivity contribution in [2.24, 2.45) is 0 Å². The van der Waals surface area contributed by atoms with Gasteiger partial charge in [0.25, 0.3) is 0 Å². The molecule has 0 saturated heterocycles. The lowest BCUT2D eigenvalue weighted by Crippen LogP contribution is -2.31. The zero-order valence-corrected chi connectivity index (χ0v) is 13.1. The fourth-order valence-electron chi connectivity index (χ4n) is 2.91. The van der Waals surface area contributed by atoms with Crippen molar-refractivity contribution in [3.63, 3.8) is 0 Å². The van der Waals surface area contributed by atoms with Crippen molar-refractivity contribution in [3.8, 4) is 0 Å². The van der Waals surface area contributed by atoms with E-state index in [-0.39, 0.29) is 0 Å². The molecule has 1 aliphatic rings. The predicted molar refractivity (Wildman–Crippen MR) is 80.8 cm³/mol. The van der Waals surface area contributed by atoms with E-state index in [2.05, 4.69) is 46.9 Å². The average Bonchev–Trinajstić information content (AvgIpc) is 2.48. The molecule has 122 valence electrons. The summed E-state index contributed by atoms with van der Waals surface area (Å²) in [6.07, 6.45) is -2.64. The summed E-state index contributed by atoms with van der Waals surface area (Å²) in [6, 6.07) is 6.34. The molecule has 0 bridgehead atoms. The van der Waals surface area contributed by atoms with Gasteiger partial charge in [0.1, 0.15) is 0 Å². The van der Waals surface area contributed by atoms with Crippen LogP contribution in [0.15, 0.2) is 24.4 Å². The normalized spacial score (nSPS) is 15.5. The summed E-state index contributed by atoms with van der Waals surface area (Å²) >= 11 is 0. The molecular weight excluding hydrogens is 303 g/mol. The fraction of sp³-hybridized carbons (Fsp3) is 0.412. The van der Waals surface area contributed by atoms with E-state index in [9.17, 15) is 13.2 Å². The van der Waals surface area contributed by atoms with Gasteiger partial charge in [-0.25, -0.2) is 9.97 Å². The van der Waals surface area contributed by atoms with Gasteiger partial charge in [-0.1, -0.05) is 23.8 Å². The molecule has 0 amide bonds. The Labute approximate surface area is 133 Å². The summed E-state index contributed by atoms with van der Waals surface area (Å²) in [7, 11) is 0. The van der Waals surface area contributed by atoms with Crippen LogP contribution in [0, 0.1) is 13.8 Å². The molecule has 0 atom stereocenters. The lowest BCUT2D eigenvalue weighted by molar-refractivity contribution is -0.145. The molecule has 3 nitrogen and oxygen atoms in total. The van der Waals surface area contributed by atoms with E-state index in [0.29, 0.717) is 25.2 Å². The zero-order chi connectivity index (χ0) is 16.6. The van der Waals surface area contributed by atoms with E-state index in [4.69, 9.17) is 0 Å². The minimum absolute atomic E-state index is 0.518. The van der Waals surface area contributed by atoms with Crippen molar-refractivity contribution in [3.05, 3.63) is 58.2 Å². The topological polar surface area (TPSA) is 29.0 Å². The summed E-state index contributed by atoms with van der Waals surface area (Å²) in [4.78, 5) is 9.38. The summed E-state index contributed by atoms with van der Waals surface area (Å²) in [5, 5.41) is 0. The molecular formula is C17H18F3N3. The number of benzene rings is 1. The lowest BCUT2D eigenvalue weighted by Gasteiger charge is -2.28. The van der Waals surface area contributed by atoms with E-state index in [1.807, 2.05) is 0 Å². The Morgan fingerprint density at radius 2 is 2.00 bits per heavy atom. The Morgan fingerprint density at radius 3 is 2.70 bits per heavy atom. The molecule has 1 aliphatic heterocycles. The second-order valence-electron chi connectivity index (χ2n) is 6.05. The summed E-state index contributed by atoms with van der Waals surface area (Å²) < 4.78 is 38.0. The Morgan fingerprint density at radius 1 is 1.22 bits per heavy atom. The standard InChI is InChI=1S/C17H18F3N3/c1-11-3-4-13(12(2)7-11)9-23-6-5-15-14(10-23)8-21-16(22-15)17(18,19)20/h3-4,7-8H,5-6,9-10H2,1-2H3. The second-order valence-corrected chi connectivity index (χ2v) is 6.05. The van der Waals surface area contributed by atoms with Gasteiger partial charge < -0.3 is 0 Å². The van der Waals surface area contributed by atoms with Gasteiger partial charge in [0.15, 0.2) is 0 Å². The van der Waals surface area contributed by atoms with Crippen molar-refractivity contribution < 1.29 is 13.2 Å². The molecule has 1 aromatic heterocycles. The first kappa shape index (κ1) is 15.9. The molecule has 0 saturated carbocycles. The molecule has 1 aromatic carbocycles. The van der Waals surface area contributed by atoms with Crippen LogP contribution in [0.4, 0.5) is 13.2 Å². The van der Waals surface area contributed by atoms with Crippen LogP contribution in [0.2, 0.25) is 0 Å². The first-order valence-electron chi connectivity index (χ1n) is 7.53. The van der Waals surface area contributed by atoms with Crippen LogP contribution >= 0.6 is 0 Å². The van der Waals surface area contributed by atoms with Crippen LogP contribution in [-0.4, -0.2) is 21.4 Å². The first-order chi connectivity index (χ1) is 10.8. The van der Waals surface area contributed by atoms with Crippen LogP contribution < -0.4 is 0 Å². The molecule has 0 fully saturated rings. The Kier molecular flexibility index (Phi) is 4.10. The van der Waals surface area contributed by atoms with Gasteiger partial charge >= 0.3 is 6.18 Å². The summed E-state index contributed by atoms with van der Waals surface area (Å²) in [6.45, 7) is 6.21. The number of halogens is 3. The average molecular weight is 321 g/mol. The third-order valence-corrected chi connectivity index (χ3v) is 4.16. The quantitative estimate of drug-likeness (QED) is 0.845. The highest BCUT2D eigenvalue weighted by molar-refractivity contribution is 5.31. The number of aromatic nitrogens is 2. The largest absolute Gasteiger partial charge is 0.451 e. The van der Waals surface area contributed by atoms with Crippen molar-refractivity contribution in [2.45, 2.75) is 39.5 Å². The molecule has 6 heteroatoms. The Hall–Kier alpha value is -1.95. The van der Waals surface area contributed by atoms with Crippen molar-refractivity contribution in [2.75, 3.05) is 6.54 Å². The number of aryl methyl sites for hydroxylation is 2. The smallest absolute Gasteiger partial charge is 0.294 e. The van der Waals surface area contributed by atoms with Gasteiger partial charge in [-0.15, -0.1) is 0 Å². The van der Waals surface area contributed by atoms with Crippen LogP contribution in [0.1, 0.15) is 33.8 Å². The Bertz CT molecular complexity index is 726.